The summed E-state index contributed by atoms with van der Waals surface area (Å²) in [6.45, 7) is 3.46. The molecule has 1 saturated heterocycles. The van der Waals surface area contributed by atoms with Crippen molar-refractivity contribution >= 4 is 6.29 Å². The molecule has 0 bridgehead atoms. The average molecular weight is 245 g/mol. The van der Waals surface area contributed by atoms with Crippen molar-refractivity contribution in [1.29, 1.82) is 0 Å². The van der Waals surface area contributed by atoms with Gasteiger partial charge in [0.1, 0.15) is 6.29 Å². The van der Waals surface area contributed by atoms with Gasteiger partial charge >= 0.3 is 0 Å². The van der Waals surface area contributed by atoms with Gasteiger partial charge in [0.15, 0.2) is 0 Å². The highest BCUT2D eigenvalue weighted by Crippen LogP contribution is 2.27. The van der Waals surface area contributed by atoms with Gasteiger partial charge in [-0.15, -0.1) is 0 Å². The molecular weight excluding hydrogens is 222 g/mol. The van der Waals surface area contributed by atoms with E-state index in [9.17, 15) is 4.79 Å². The van der Waals surface area contributed by atoms with E-state index in [-0.39, 0.29) is 0 Å². The Labute approximate surface area is 110 Å². The summed E-state index contributed by atoms with van der Waals surface area (Å²) in [4.78, 5) is 12.9. The lowest BCUT2D eigenvalue weighted by Gasteiger charge is -2.19. The molecule has 1 fully saturated rings. The molecule has 0 spiro atoms. The van der Waals surface area contributed by atoms with E-state index < -0.39 is 0 Å². The standard InChI is InChI=1S/C16H23NO/c18-14-5-4-11-17-12-6-9-16(10-13-17)15-7-2-1-3-8-15/h1-3,7-8,14,16H,4-6,9-13H2. The maximum Gasteiger partial charge on any atom is 0.120 e. The molecule has 0 radical (unpaired) electrons. The van der Waals surface area contributed by atoms with Crippen LogP contribution >= 0.6 is 0 Å². The van der Waals surface area contributed by atoms with E-state index in [0.29, 0.717) is 6.42 Å². The van der Waals surface area contributed by atoms with Gasteiger partial charge in [-0.3, -0.25) is 0 Å². The third-order valence-corrected chi connectivity index (χ3v) is 3.89. The number of aldehydes is 1. The highest BCUT2D eigenvalue weighted by molar-refractivity contribution is 5.49. The van der Waals surface area contributed by atoms with E-state index >= 15 is 0 Å². The van der Waals surface area contributed by atoms with Crippen LogP contribution in [0.15, 0.2) is 30.3 Å². The van der Waals surface area contributed by atoms with Crippen molar-refractivity contribution in [3.05, 3.63) is 35.9 Å². The van der Waals surface area contributed by atoms with Crippen LogP contribution in [0.4, 0.5) is 0 Å². The molecule has 0 N–H and O–H groups in total. The van der Waals surface area contributed by atoms with Crippen LogP contribution in [0.5, 0.6) is 0 Å². The molecule has 1 unspecified atom stereocenters. The highest BCUT2D eigenvalue weighted by atomic mass is 16.1. The third-order valence-electron chi connectivity index (χ3n) is 3.89. The van der Waals surface area contributed by atoms with Gasteiger partial charge in [0.25, 0.3) is 0 Å². The topological polar surface area (TPSA) is 20.3 Å². The Hall–Kier alpha value is -1.15. The molecule has 0 aromatic heterocycles. The molecule has 0 saturated carbocycles. The summed E-state index contributed by atoms with van der Waals surface area (Å²) < 4.78 is 0. The molecule has 1 aliphatic rings. The first-order chi connectivity index (χ1) is 8.90. The van der Waals surface area contributed by atoms with E-state index in [1.807, 2.05) is 0 Å². The predicted octanol–water partition coefficient (Wildman–Crippen LogP) is 3.24. The zero-order chi connectivity index (χ0) is 12.6. The maximum absolute atomic E-state index is 10.3. The Bertz CT molecular complexity index is 349. The molecule has 2 rings (SSSR count). The average Bonchev–Trinajstić information content (AvgIpc) is 2.66. The minimum atomic E-state index is 0.707. The summed E-state index contributed by atoms with van der Waals surface area (Å²) in [6, 6.07) is 10.9. The van der Waals surface area contributed by atoms with E-state index in [0.717, 1.165) is 25.2 Å². The van der Waals surface area contributed by atoms with Crippen LogP contribution in [-0.2, 0) is 4.79 Å². The number of carbonyl (C=O) groups is 1. The fourth-order valence-corrected chi connectivity index (χ4v) is 2.84. The Morgan fingerprint density at radius 3 is 2.78 bits per heavy atom. The fourth-order valence-electron chi connectivity index (χ4n) is 2.84. The number of nitrogens with zero attached hydrogens (tertiary/aromatic N) is 1. The zero-order valence-corrected chi connectivity index (χ0v) is 11.1. The van der Waals surface area contributed by atoms with Crippen molar-refractivity contribution in [3.8, 4) is 0 Å². The van der Waals surface area contributed by atoms with Gasteiger partial charge in [-0.2, -0.15) is 0 Å². The van der Waals surface area contributed by atoms with Crippen LogP contribution in [0.3, 0.4) is 0 Å². The number of benzene rings is 1. The van der Waals surface area contributed by atoms with Crippen LogP contribution in [0, 0.1) is 0 Å². The minimum Gasteiger partial charge on any atom is -0.303 e. The number of unbranched alkanes of at least 4 members (excludes halogenated alkanes) is 1. The number of hydrogen-bond acceptors (Lipinski definition) is 2. The smallest absolute Gasteiger partial charge is 0.120 e. The summed E-state index contributed by atoms with van der Waals surface area (Å²) in [5, 5.41) is 0. The van der Waals surface area contributed by atoms with E-state index in [1.54, 1.807) is 0 Å². The number of rotatable bonds is 5. The van der Waals surface area contributed by atoms with E-state index in [1.165, 1.54) is 37.9 Å². The van der Waals surface area contributed by atoms with E-state index in [4.69, 9.17) is 0 Å². The second-order valence-corrected chi connectivity index (χ2v) is 5.19. The van der Waals surface area contributed by atoms with Gasteiger partial charge in [0.2, 0.25) is 0 Å². The monoisotopic (exact) mass is 245 g/mol. The van der Waals surface area contributed by atoms with Crippen molar-refractivity contribution in [2.45, 2.75) is 38.0 Å². The molecular formula is C16H23NO. The van der Waals surface area contributed by atoms with Gasteiger partial charge in [-0.1, -0.05) is 30.3 Å². The lowest BCUT2D eigenvalue weighted by molar-refractivity contribution is -0.108. The second-order valence-electron chi connectivity index (χ2n) is 5.19. The van der Waals surface area contributed by atoms with Gasteiger partial charge < -0.3 is 9.69 Å². The van der Waals surface area contributed by atoms with E-state index in [2.05, 4.69) is 35.2 Å². The minimum absolute atomic E-state index is 0.707. The number of carbonyl (C=O) groups excluding carboxylic acids is 1. The predicted molar refractivity (Wildman–Crippen MR) is 74.8 cm³/mol. The number of hydrogen-bond donors (Lipinski definition) is 0. The maximum atomic E-state index is 10.3. The summed E-state index contributed by atoms with van der Waals surface area (Å²) in [5.74, 6) is 0.724. The Balaban J connectivity index is 1.83. The highest BCUT2D eigenvalue weighted by Gasteiger charge is 2.17. The largest absolute Gasteiger partial charge is 0.303 e. The summed E-state index contributed by atoms with van der Waals surface area (Å²) in [5.41, 5.74) is 1.49. The first-order valence-corrected chi connectivity index (χ1v) is 7.11. The van der Waals surface area contributed by atoms with Crippen molar-refractivity contribution in [2.24, 2.45) is 0 Å². The molecule has 1 aliphatic heterocycles. The van der Waals surface area contributed by atoms with Crippen LogP contribution in [0.25, 0.3) is 0 Å². The van der Waals surface area contributed by atoms with Crippen molar-refractivity contribution in [1.82, 2.24) is 4.90 Å². The van der Waals surface area contributed by atoms with Crippen LogP contribution in [-0.4, -0.2) is 30.8 Å². The van der Waals surface area contributed by atoms with Gasteiger partial charge in [0.05, 0.1) is 0 Å². The molecule has 0 amide bonds. The molecule has 2 heteroatoms. The van der Waals surface area contributed by atoms with Crippen LogP contribution in [0.2, 0.25) is 0 Å². The fraction of sp³-hybridized carbons (Fsp3) is 0.562. The molecule has 0 aliphatic carbocycles. The van der Waals surface area contributed by atoms with Crippen molar-refractivity contribution in [3.63, 3.8) is 0 Å². The lowest BCUT2D eigenvalue weighted by Crippen LogP contribution is -2.25. The molecule has 1 heterocycles. The third kappa shape index (κ3) is 3.95. The van der Waals surface area contributed by atoms with Gasteiger partial charge in [-0.25, -0.2) is 0 Å². The number of likely N-dealkylation sites (tertiary alicyclic amines) is 1. The van der Waals surface area contributed by atoms with Gasteiger partial charge in [-0.05, 0) is 56.8 Å². The van der Waals surface area contributed by atoms with Crippen molar-refractivity contribution in [2.75, 3.05) is 19.6 Å². The molecule has 2 nitrogen and oxygen atoms in total. The Morgan fingerprint density at radius 2 is 2.00 bits per heavy atom. The molecule has 18 heavy (non-hydrogen) atoms. The zero-order valence-electron chi connectivity index (χ0n) is 11.1. The quantitative estimate of drug-likeness (QED) is 0.586. The summed E-state index contributed by atoms with van der Waals surface area (Å²) in [7, 11) is 0. The second kappa shape index (κ2) is 7.32. The molecule has 98 valence electrons. The molecule has 1 aromatic rings. The van der Waals surface area contributed by atoms with Gasteiger partial charge in [0, 0.05) is 6.42 Å². The normalized spacial score (nSPS) is 21.4. The Kier molecular flexibility index (Phi) is 5.40. The van der Waals surface area contributed by atoms with Crippen LogP contribution < -0.4 is 0 Å². The lowest BCUT2D eigenvalue weighted by atomic mass is 9.92. The molecule has 1 atom stereocenters. The molecule has 1 aromatic carbocycles. The first kappa shape index (κ1) is 13.3. The Morgan fingerprint density at radius 1 is 1.17 bits per heavy atom. The van der Waals surface area contributed by atoms with Crippen molar-refractivity contribution < 1.29 is 4.79 Å². The first-order valence-electron chi connectivity index (χ1n) is 7.11. The summed E-state index contributed by atoms with van der Waals surface area (Å²) >= 11 is 0. The SMILES string of the molecule is O=CCCCN1CCCC(c2ccccc2)CC1. The van der Waals surface area contributed by atoms with Crippen LogP contribution in [0.1, 0.15) is 43.6 Å². The summed E-state index contributed by atoms with van der Waals surface area (Å²) in [6.07, 6.45) is 6.59.